The van der Waals surface area contributed by atoms with Gasteiger partial charge in [0, 0.05) is 25.2 Å². The van der Waals surface area contributed by atoms with E-state index in [4.69, 9.17) is 9.47 Å². The summed E-state index contributed by atoms with van der Waals surface area (Å²) in [7, 11) is 0. The Morgan fingerprint density at radius 2 is 1.35 bits per heavy atom. The molecular weight excluding hydrogens is 394 g/mol. The summed E-state index contributed by atoms with van der Waals surface area (Å²) in [5.41, 5.74) is 1.22. The Balaban J connectivity index is 1.73. The first-order chi connectivity index (χ1) is 14.4. The average Bonchev–Trinajstić information content (AvgIpc) is 2.63. The van der Waals surface area contributed by atoms with Crippen LogP contribution in [0.5, 0.6) is 0 Å². The molecule has 1 fully saturated rings. The van der Waals surface area contributed by atoms with Crippen molar-refractivity contribution in [1.82, 2.24) is 16.0 Å². The Morgan fingerprint density at radius 3 is 1.94 bits per heavy atom. The molecule has 0 heterocycles. The van der Waals surface area contributed by atoms with Gasteiger partial charge in [-0.05, 0) is 78.4 Å². The van der Waals surface area contributed by atoms with Crippen molar-refractivity contribution in [3.63, 3.8) is 0 Å². The highest BCUT2D eigenvalue weighted by Crippen LogP contribution is 2.20. The smallest absolute Gasteiger partial charge is 0.407 e. The van der Waals surface area contributed by atoms with Crippen LogP contribution in [0.3, 0.4) is 0 Å². The van der Waals surface area contributed by atoms with E-state index in [2.05, 4.69) is 28.1 Å². The zero-order valence-corrected chi connectivity index (χ0v) is 19.8. The van der Waals surface area contributed by atoms with Crippen LogP contribution in [-0.2, 0) is 22.6 Å². The van der Waals surface area contributed by atoms with Gasteiger partial charge in [0.2, 0.25) is 0 Å². The number of hydrogen-bond acceptors (Lipinski definition) is 5. The Kier molecular flexibility index (Phi) is 8.74. The maximum absolute atomic E-state index is 12.0. The van der Waals surface area contributed by atoms with E-state index in [1.807, 2.05) is 53.7 Å². The Morgan fingerprint density at radius 1 is 0.839 bits per heavy atom. The van der Waals surface area contributed by atoms with Gasteiger partial charge in [0.05, 0.1) is 0 Å². The summed E-state index contributed by atoms with van der Waals surface area (Å²) in [6, 6.07) is 8.67. The van der Waals surface area contributed by atoms with E-state index in [-0.39, 0.29) is 12.1 Å². The summed E-state index contributed by atoms with van der Waals surface area (Å²) in [4.78, 5) is 23.8. The maximum Gasteiger partial charge on any atom is 0.407 e. The van der Waals surface area contributed by atoms with Gasteiger partial charge in [-0.1, -0.05) is 24.3 Å². The molecule has 1 aromatic carbocycles. The molecule has 2 amide bonds. The first-order valence-corrected chi connectivity index (χ1v) is 11.2. The fourth-order valence-corrected chi connectivity index (χ4v) is 3.51. The highest BCUT2D eigenvalue weighted by molar-refractivity contribution is 5.68. The summed E-state index contributed by atoms with van der Waals surface area (Å²) in [6.07, 6.45) is 3.31. The lowest BCUT2D eigenvalue weighted by Gasteiger charge is -2.31. The number of carbonyl (C=O) groups excluding carboxylic acids is 2. The second-order valence-corrected chi connectivity index (χ2v) is 10.3. The van der Waals surface area contributed by atoms with Gasteiger partial charge in [0.25, 0.3) is 0 Å². The van der Waals surface area contributed by atoms with Crippen molar-refractivity contribution in [3.05, 3.63) is 35.4 Å². The molecule has 174 valence electrons. The van der Waals surface area contributed by atoms with Crippen molar-refractivity contribution < 1.29 is 19.1 Å². The van der Waals surface area contributed by atoms with Crippen molar-refractivity contribution in [1.29, 1.82) is 0 Å². The van der Waals surface area contributed by atoms with E-state index >= 15 is 0 Å². The molecule has 31 heavy (non-hydrogen) atoms. The van der Waals surface area contributed by atoms with Crippen LogP contribution in [0, 0.1) is 0 Å². The largest absolute Gasteiger partial charge is 0.444 e. The molecule has 1 saturated carbocycles. The van der Waals surface area contributed by atoms with Gasteiger partial charge in [-0.3, -0.25) is 0 Å². The molecule has 2 unspecified atom stereocenters. The third kappa shape index (κ3) is 10.5. The van der Waals surface area contributed by atoms with Crippen LogP contribution < -0.4 is 16.0 Å². The van der Waals surface area contributed by atoms with Crippen LogP contribution in [-0.4, -0.2) is 35.5 Å². The molecule has 7 heteroatoms. The van der Waals surface area contributed by atoms with Crippen molar-refractivity contribution in [2.75, 3.05) is 0 Å². The number of ether oxygens (including phenoxy) is 2. The van der Waals surface area contributed by atoms with E-state index in [0.717, 1.165) is 37.8 Å². The Hall–Kier alpha value is -2.28. The number of carbonyl (C=O) groups is 2. The van der Waals surface area contributed by atoms with E-state index < -0.39 is 17.3 Å². The summed E-state index contributed by atoms with van der Waals surface area (Å²) in [5, 5.41) is 9.38. The quantitative estimate of drug-likeness (QED) is 0.608. The lowest BCUT2D eigenvalue weighted by molar-refractivity contribution is 0.0485. The lowest BCUT2D eigenvalue weighted by Crippen LogP contribution is -2.45. The molecule has 7 nitrogen and oxygen atoms in total. The Bertz CT molecular complexity index is 720. The van der Waals surface area contributed by atoms with Gasteiger partial charge < -0.3 is 25.4 Å². The predicted molar refractivity (Wildman–Crippen MR) is 122 cm³/mol. The fraction of sp³-hybridized carbons (Fsp3) is 0.667. The molecule has 2 rings (SSSR count). The van der Waals surface area contributed by atoms with Gasteiger partial charge in [0.1, 0.15) is 11.2 Å². The number of amides is 2. The van der Waals surface area contributed by atoms with Crippen LogP contribution in [0.2, 0.25) is 0 Å². The maximum atomic E-state index is 12.0. The van der Waals surface area contributed by atoms with Crippen molar-refractivity contribution in [2.45, 2.75) is 104 Å². The van der Waals surface area contributed by atoms with E-state index in [0.29, 0.717) is 12.6 Å². The molecule has 3 N–H and O–H groups in total. The van der Waals surface area contributed by atoms with Gasteiger partial charge in [0.15, 0.2) is 0 Å². The van der Waals surface area contributed by atoms with Crippen LogP contribution in [0.15, 0.2) is 24.3 Å². The lowest BCUT2D eigenvalue weighted by atomic mass is 9.91. The average molecular weight is 434 g/mol. The van der Waals surface area contributed by atoms with Crippen molar-refractivity contribution in [2.24, 2.45) is 0 Å². The Labute approximate surface area is 186 Å². The predicted octanol–water partition coefficient (Wildman–Crippen LogP) is 4.64. The van der Waals surface area contributed by atoms with Crippen LogP contribution in [0.1, 0.15) is 78.4 Å². The molecule has 0 spiro atoms. The minimum absolute atomic E-state index is 0.141. The third-order valence-electron chi connectivity index (χ3n) is 4.85. The molecule has 0 saturated heterocycles. The fourth-order valence-electron chi connectivity index (χ4n) is 3.51. The van der Waals surface area contributed by atoms with E-state index in [1.54, 1.807) is 0 Å². The molecule has 2 atom stereocenters. The standard InChI is InChI=1S/C24H39N3O4/c1-23(2,3)30-21(28)26-16-18-12-10-17(11-13-18)15-25-19-8-7-9-20(14-19)27-22(29)31-24(4,5)6/h10-13,19-20,25H,7-9,14-16H2,1-6H3,(H,26,28)(H,27,29). The van der Waals surface area contributed by atoms with Crippen LogP contribution >= 0.6 is 0 Å². The minimum atomic E-state index is -0.500. The number of hydrogen-bond donors (Lipinski definition) is 3. The van der Waals surface area contributed by atoms with Crippen molar-refractivity contribution in [3.8, 4) is 0 Å². The summed E-state index contributed by atoms with van der Waals surface area (Å²) >= 11 is 0. The second kappa shape index (κ2) is 10.8. The zero-order chi connectivity index (χ0) is 23.1. The van der Waals surface area contributed by atoms with Crippen molar-refractivity contribution >= 4 is 12.2 Å². The zero-order valence-electron chi connectivity index (χ0n) is 19.8. The molecule has 1 aromatic rings. The molecule has 0 aromatic heterocycles. The first kappa shape index (κ1) is 25.0. The third-order valence-corrected chi connectivity index (χ3v) is 4.85. The van der Waals surface area contributed by atoms with Gasteiger partial charge in [-0.25, -0.2) is 9.59 Å². The highest BCUT2D eigenvalue weighted by Gasteiger charge is 2.25. The second-order valence-electron chi connectivity index (χ2n) is 10.3. The topological polar surface area (TPSA) is 88.7 Å². The van der Waals surface area contributed by atoms with E-state index in [1.165, 1.54) is 5.56 Å². The summed E-state index contributed by atoms with van der Waals surface area (Å²) in [5.74, 6) is 0. The molecule has 0 bridgehead atoms. The number of rotatable bonds is 6. The van der Waals surface area contributed by atoms with Gasteiger partial charge in [-0.15, -0.1) is 0 Å². The summed E-state index contributed by atoms with van der Waals surface area (Å²) < 4.78 is 10.6. The van der Waals surface area contributed by atoms with Gasteiger partial charge >= 0.3 is 12.2 Å². The number of alkyl carbamates (subject to hydrolysis) is 2. The molecule has 1 aliphatic carbocycles. The minimum Gasteiger partial charge on any atom is -0.444 e. The molecule has 0 aliphatic heterocycles. The highest BCUT2D eigenvalue weighted by atomic mass is 16.6. The summed E-state index contributed by atoms with van der Waals surface area (Å²) in [6.45, 7) is 12.3. The van der Waals surface area contributed by atoms with E-state index in [9.17, 15) is 9.59 Å². The molecular formula is C24H39N3O4. The normalized spacial score (nSPS) is 19.4. The SMILES string of the molecule is CC(C)(C)OC(=O)NCc1ccc(CNC2CCCC(NC(=O)OC(C)(C)C)C2)cc1. The monoisotopic (exact) mass is 433 g/mol. The number of nitrogens with one attached hydrogen (secondary N) is 3. The molecule has 0 radical (unpaired) electrons. The van der Waals surface area contributed by atoms with Gasteiger partial charge in [-0.2, -0.15) is 0 Å². The number of benzene rings is 1. The molecule has 1 aliphatic rings. The first-order valence-electron chi connectivity index (χ1n) is 11.2. The van der Waals surface area contributed by atoms with Crippen LogP contribution in [0.4, 0.5) is 9.59 Å². The van der Waals surface area contributed by atoms with Crippen LogP contribution in [0.25, 0.3) is 0 Å².